The Hall–Kier alpha value is -1.73. The predicted octanol–water partition coefficient (Wildman–Crippen LogP) is 2.93. The van der Waals surface area contributed by atoms with Crippen LogP contribution in [0.1, 0.15) is 74.7 Å². The van der Waals surface area contributed by atoms with E-state index in [4.69, 9.17) is 23.7 Å². The highest BCUT2D eigenvalue weighted by molar-refractivity contribution is 6.00. The molecule has 11 nitrogen and oxygen atoms in total. The maximum atomic E-state index is 14.0. The van der Waals surface area contributed by atoms with Crippen LogP contribution in [-0.2, 0) is 38.1 Å². The fourth-order valence-corrected chi connectivity index (χ4v) is 6.90. The van der Waals surface area contributed by atoms with E-state index in [0.29, 0.717) is 6.42 Å². The van der Waals surface area contributed by atoms with Gasteiger partial charge in [0.1, 0.15) is 29.5 Å². The molecule has 2 aliphatic heterocycles. The number of rotatable bonds is 8. The SMILES string of the molecule is C=CCO[C@H]1[C@H](C)C(=O)[C@H](C)C[C@](C)(OC)[C@H](O[C@@H]2O[C@H](C)C[C@H](N(C)C)[C@H]2O)[C@@H](C)C(=O)[C@@H](C)C(=O)O[C@H](CC)[C@@]1(C)O. The average Bonchev–Trinajstić information content (AvgIpc) is 2.97. The molecule has 2 fully saturated rings. The number of methoxy groups -OCH3 is 1. The molecule has 0 aliphatic carbocycles. The van der Waals surface area contributed by atoms with Crippen LogP contribution < -0.4 is 0 Å². The summed E-state index contributed by atoms with van der Waals surface area (Å²) in [5, 5.41) is 23.0. The second-order valence-electron chi connectivity index (χ2n) is 13.5. The molecule has 13 atom stereocenters. The van der Waals surface area contributed by atoms with Gasteiger partial charge in [-0.1, -0.05) is 33.8 Å². The van der Waals surface area contributed by atoms with Crippen molar-refractivity contribution in [1.29, 1.82) is 0 Å². The van der Waals surface area contributed by atoms with E-state index in [1.807, 2.05) is 25.9 Å². The molecule has 0 saturated carbocycles. The molecule has 2 heterocycles. The van der Waals surface area contributed by atoms with Crippen molar-refractivity contribution >= 4 is 17.5 Å². The average molecular weight is 628 g/mol. The highest BCUT2D eigenvalue weighted by atomic mass is 16.7. The van der Waals surface area contributed by atoms with Crippen LogP contribution in [0, 0.1) is 23.7 Å². The van der Waals surface area contributed by atoms with E-state index in [2.05, 4.69) is 6.58 Å². The lowest BCUT2D eigenvalue weighted by atomic mass is 9.74. The van der Waals surface area contributed by atoms with Crippen LogP contribution in [-0.4, -0.2) is 115 Å². The van der Waals surface area contributed by atoms with Crippen LogP contribution in [0.5, 0.6) is 0 Å². The number of esters is 1. The van der Waals surface area contributed by atoms with Gasteiger partial charge in [0, 0.05) is 30.9 Å². The van der Waals surface area contributed by atoms with Crippen molar-refractivity contribution in [3.63, 3.8) is 0 Å². The molecule has 2 rings (SSSR count). The molecule has 44 heavy (non-hydrogen) atoms. The normalized spacial score (nSPS) is 43.4. The molecule has 0 aromatic rings. The number of ether oxygens (including phenoxy) is 5. The number of cyclic esters (lactones) is 1. The number of hydrogen-bond acceptors (Lipinski definition) is 11. The van der Waals surface area contributed by atoms with Gasteiger partial charge in [-0.2, -0.15) is 0 Å². The number of carbonyl (C=O) groups is 3. The van der Waals surface area contributed by atoms with E-state index >= 15 is 0 Å². The summed E-state index contributed by atoms with van der Waals surface area (Å²) >= 11 is 0. The third-order valence-corrected chi connectivity index (χ3v) is 9.66. The minimum Gasteiger partial charge on any atom is -0.459 e. The molecule has 11 heteroatoms. The molecular formula is C33H57NO10. The Kier molecular flexibility index (Phi) is 13.7. The Morgan fingerprint density at radius 3 is 2.16 bits per heavy atom. The number of likely N-dealkylation sites (N-methyl/N-ethyl adjacent to an activating group) is 1. The molecule has 0 radical (unpaired) electrons. The van der Waals surface area contributed by atoms with Gasteiger partial charge < -0.3 is 38.8 Å². The molecule has 0 unspecified atom stereocenters. The lowest BCUT2D eigenvalue weighted by Crippen LogP contribution is -2.60. The van der Waals surface area contributed by atoms with E-state index in [-0.39, 0.29) is 37.4 Å². The van der Waals surface area contributed by atoms with Crippen LogP contribution in [0.2, 0.25) is 0 Å². The first-order valence-electron chi connectivity index (χ1n) is 15.8. The van der Waals surface area contributed by atoms with Gasteiger partial charge in [0.25, 0.3) is 0 Å². The van der Waals surface area contributed by atoms with Gasteiger partial charge in [-0.25, -0.2) is 0 Å². The fraction of sp³-hybridized carbons (Fsp3) is 0.848. The lowest BCUT2D eigenvalue weighted by molar-refractivity contribution is -0.295. The Balaban J connectivity index is 2.66. The maximum Gasteiger partial charge on any atom is 0.316 e. The largest absolute Gasteiger partial charge is 0.459 e. The quantitative estimate of drug-likeness (QED) is 0.233. The molecular weight excluding hydrogens is 570 g/mol. The minimum atomic E-state index is -1.76. The first-order valence-corrected chi connectivity index (χ1v) is 15.8. The van der Waals surface area contributed by atoms with E-state index in [1.54, 1.807) is 34.6 Å². The zero-order chi connectivity index (χ0) is 33.7. The Morgan fingerprint density at radius 1 is 1.05 bits per heavy atom. The monoisotopic (exact) mass is 627 g/mol. The Bertz CT molecular complexity index is 1000. The number of hydrogen-bond donors (Lipinski definition) is 2. The number of Topliss-reactive ketones (excluding diaryl/α,β-unsaturated/α-hetero) is 2. The fourth-order valence-electron chi connectivity index (χ4n) is 6.90. The second kappa shape index (κ2) is 15.7. The number of carbonyl (C=O) groups excluding carboxylic acids is 3. The number of aliphatic hydroxyl groups is 2. The minimum absolute atomic E-state index is 0.0609. The van der Waals surface area contributed by atoms with E-state index in [1.165, 1.54) is 27.0 Å². The molecule has 2 N–H and O–H groups in total. The van der Waals surface area contributed by atoms with Crippen molar-refractivity contribution in [1.82, 2.24) is 4.90 Å². The second-order valence-corrected chi connectivity index (χ2v) is 13.5. The zero-order valence-corrected chi connectivity index (χ0v) is 28.6. The molecule has 254 valence electrons. The van der Waals surface area contributed by atoms with Crippen LogP contribution in [0.15, 0.2) is 12.7 Å². The molecule has 0 spiro atoms. The summed E-state index contributed by atoms with van der Waals surface area (Å²) in [7, 11) is 5.21. The topological polar surface area (TPSA) is 141 Å². The summed E-state index contributed by atoms with van der Waals surface area (Å²) in [6.07, 6.45) is -3.04. The van der Waals surface area contributed by atoms with Gasteiger partial charge in [-0.3, -0.25) is 14.4 Å². The maximum absolute atomic E-state index is 14.0. The van der Waals surface area contributed by atoms with Crippen molar-refractivity contribution in [3.8, 4) is 0 Å². The van der Waals surface area contributed by atoms with E-state index in [0.717, 1.165) is 0 Å². The Labute approximate surface area is 263 Å². The van der Waals surface area contributed by atoms with Gasteiger partial charge in [-0.05, 0) is 61.1 Å². The summed E-state index contributed by atoms with van der Waals surface area (Å²) in [4.78, 5) is 43.3. The summed E-state index contributed by atoms with van der Waals surface area (Å²) in [5.41, 5.74) is -2.99. The lowest BCUT2D eigenvalue weighted by Gasteiger charge is -2.47. The van der Waals surface area contributed by atoms with Crippen molar-refractivity contribution < 1.29 is 48.3 Å². The van der Waals surface area contributed by atoms with Gasteiger partial charge >= 0.3 is 5.97 Å². The smallest absolute Gasteiger partial charge is 0.316 e. The Morgan fingerprint density at radius 2 is 1.64 bits per heavy atom. The summed E-state index contributed by atoms with van der Waals surface area (Å²) in [6, 6.07) is -0.261. The molecule has 2 saturated heterocycles. The first-order chi connectivity index (χ1) is 20.4. The molecule has 0 amide bonds. The van der Waals surface area contributed by atoms with E-state index in [9.17, 15) is 24.6 Å². The molecule has 0 aromatic heterocycles. The van der Waals surface area contributed by atoms with Gasteiger partial charge in [0.15, 0.2) is 12.1 Å². The third kappa shape index (κ3) is 8.34. The highest BCUT2D eigenvalue weighted by Gasteiger charge is 2.52. The summed E-state index contributed by atoms with van der Waals surface area (Å²) < 4.78 is 30.3. The van der Waals surface area contributed by atoms with E-state index < -0.39 is 77.3 Å². The van der Waals surface area contributed by atoms with Crippen molar-refractivity contribution in [2.45, 2.75) is 129 Å². The van der Waals surface area contributed by atoms with Crippen LogP contribution >= 0.6 is 0 Å². The summed E-state index contributed by atoms with van der Waals surface area (Å²) in [6.45, 7) is 17.2. The van der Waals surface area contributed by atoms with Gasteiger partial charge in [-0.15, -0.1) is 6.58 Å². The number of nitrogens with zero attached hydrogens (tertiary/aromatic N) is 1. The molecule has 0 bridgehead atoms. The number of aliphatic hydroxyl groups excluding tert-OH is 1. The van der Waals surface area contributed by atoms with Crippen LogP contribution in [0.4, 0.5) is 0 Å². The standard InChI is InChI=1S/C33H57NO10/c1-13-15-41-29-20(5)25(35)18(3)17-32(8,40-12)28(44-31-27(37)23(34(10)11)16-19(4)42-31)21(6)26(36)22(7)30(38)43-24(14-2)33(29,9)39/h13,18-24,27-29,31,37,39H,1,14-17H2,2-12H3/t18-,19-,20-,21+,22-,23+,24-,27-,28-,29+,31+,32+,33-/m1/s1. The van der Waals surface area contributed by atoms with Crippen molar-refractivity contribution in [2.24, 2.45) is 23.7 Å². The van der Waals surface area contributed by atoms with Gasteiger partial charge in [0.2, 0.25) is 0 Å². The van der Waals surface area contributed by atoms with Crippen LogP contribution in [0.25, 0.3) is 0 Å². The van der Waals surface area contributed by atoms with Crippen molar-refractivity contribution in [2.75, 3.05) is 27.8 Å². The zero-order valence-electron chi connectivity index (χ0n) is 28.6. The molecule has 0 aromatic carbocycles. The highest BCUT2D eigenvalue weighted by Crippen LogP contribution is 2.38. The third-order valence-electron chi connectivity index (χ3n) is 9.66. The van der Waals surface area contributed by atoms with Crippen LogP contribution in [0.3, 0.4) is 0 Å². The number of ketones is 2. The summed E-state index contributed by atoms with van der Waals surface area (Å²) in [5.74, 6) is -5.05. The first kappa shape index (κ1) is 38.5. The predicted molar refractivity (Wildman–Crippen MR) is 165 cm³/mol. The van der Waals surface area contributed by atoms with Gasteiger partial charge in [0.05, 0.1) is 30.5 Å². The van der Waals surface area contributed by atoms with Crippen molar-refractivity contribution in [3.05, 3.63) is 12.7 Å². The molecule has 2 aliphatic rings.